The molecule has 0 amide bonds. The molecule has 0 spiro atoms. The maximum Gasteiger partial charge on any atom is 0.139 e. The molecule has 1 aliphatic carbocycles. The molecule has 2 aliphatic heterocycles. The predicted octanol–water partition coefficient (Wildman–Crippen LogP) is 1.82. The number of hydrogen-bond acceptors (Lipinski definition) is 5. The fourth-order valence-corrected chi connectivity index (χ4v) is 3.51. The van der Waals surface area contributed by atoms with E-state index in [0.717, 1.165) is 11.3 Å². The van der Waals surface area contributed by atoms with Gasteiger partial charge in [-0.2, -0.15) is 0 Å². The first-order chi connectivity index (χ1) is 12.0. The van der Waals surface area contributed by atoms with E-state index in [2.05, 4.69) is 73.7 Å². The molecule has 3 atom stereocenters. The third-order valence-corrected chi connectivity index (χ3v) is 4.82. The molecule has 2 heterocycles. The van der Waals surface area contributed by atoms with E-state index in [1.165, 1.54) is 11.1 Å². The van der Waals surface area contributed by atoms with E-state index >= 15 is 0 Å². The van der Waals surface area contributed by atoms with Gasteiger partial charge in [-0.15, -0.1) is 0 Å². The van der Waals surface area contributed by atoms with E-state index in [1.54, 1.807) is 0 Å². The number of allylic oxidation sites excluding steroid dienone is 4. The summed E-state index contributed by atoms with van der Waals surface area (Å²) in [5.74, 6) is 0. The number of dihydropyridines is 1. The third-order valence-electron chi connectivity index (χ3n) is 4.82. The van der Waals surface area contributed by atoms with Gasteiger partial charge in [0.05, 0.1) is 18.8 Å². The standard InChI is InChI=1S/C20H29N3O2/c1-13(2)22-11-15(24)12-25-20-19-14(3)21-10-9-17(19)16-7-5-6-8-18(16)23(20)4/h5-10,13,15,18,20-22,24H,11-12H2,1-4H3. The Morgan fingerprint density at radius 1 is 1.32 bits per heavy atom. The minimum absolute atomic E-state index is 0.189. The molecule has 0 saturated carbocycles. The van der Waals surface area contributed by atoms with Crippen molar-refractivity contribution in [3.63, 3.8) is 0 Å². The topological polar surface area (TPSA) is 56.8 Å². The zero-order chi connectivity index (χ0) is 18.0. The fraction of sp³-hybridized carbons (Fsp3) is 0.500. The first kappa shape index (κ1) is 18.1. The summed E-state index contributed by atoms with van der Waals surface area (Å²) >= 11 is 0. The molecule has 3 N–H and O–H groups in total. The number of fused-ring (bicyclic) bond motifs is 2. The molecular formula is C20H29N3O2. The van der Waals surface area contributed by atoms with Gasteiger partial charge in [-0.05, 0) is 31.2 Å². The maximum atomic E-state index is 10.2. The van der Waals surface area contributed by atoms with E-state index in [1.807, 2.05) is 6.20 Å². The molecule has 0 aromatic carbocycles. The minimum Gasteiger partial charge on any atom is -0.389 e. The zero-order valence-electron chi connectivity index (χ0n) is 15.5. The van der Waals surface area contributed by atoms with Gasteiger partial charge in [-0.3, -0.25) is 4.90 Å². The van der Waals surface area contributed by atoms with Crippen molar-refractivity contribution in [2.24, 2.45) is 0 Å². The molecular weight excluding hydrogens is 314 g/mol. The summed E-state index contributed by atoms with van der Waals surface area (Å²) < 4.78 is 6.19. The summed E-state index contributed by atoms with van der Waals surface area (Å²) in [6.07, 6.45) is 11.9. The molecule has 3 unspecified atom stereocenters. The van der Waals surface area contributed by atoms with Gasteiger partial charge in [0.2, 0.25) is 0 Å². The van der Waals surface area contributed by atoms with Crippen LogP contribution in [0, 0.1) is 0 Å². The van der Waals surface area contributed by atoms with Gasteiger partial charge in [-0.25, -0.2) is 0 Å². The predicted molar refractivity (Wildman–Crippen MR) is 101 cm³/mol. The number of ether oxygens (including phenoxy) is 1. The van der Waals surface area contributed by atoms with Crippen LogP contribution >= 0.6 is 0 Å². The Morgan fingerprint density at radius 3 is 2.88 bits per heavy atom. The third kappa shape index (κ3) is 3.80. The average molecular weight is 343 g/mol. The van der Waals surface area contributed by atoms with Crippen molar-refractivity contribution in [1.29, 1.82) is 0 Å². The van der Waals surface area contributed by atoms with Crippen molar-refractivity contribution in [2.45, 2.75) is 45.2 Å². The van der Waals surface area contributed by atoms with Crippen LogP contribution in [0.15, 0.2) is 59.0 Å². The zero-order valence-corrected chi connectivity index (χ0v) is 15.5. The summed E-state index contributed by atoms with van der Waals surface area (Å²) in [5.41, 5.74) is 4.76. The summed E-state index contributed by atoms with van der Waals surface area (Å²) in [5, 5.41) is 16.8. The molecule has 5 heteroatoms. The van der Waals surface area contributed by atoms with Gasteiger partial charge in [0.25, 0.3) is 0 Å². The lowest BCUT2D eigenvalue weighted by Gasteiger charge is -2.43. The number of aliphatic hydroxyl groups is 1. The number of likely N-dealkylation sites (N-methyl/N-ethyl adjacent to an activating group) is 1. The SMILES string of the molecule is CC1=C2C(=C3C=CC=CC3N(C)C2OCC(O)CNC(C)C)C=CN1. The van der Waals surface area contributed by atoms with E-state index in [4.69, 9.17) is 4.74 Å². The highest BCUT2D eigenvalue weighted by Crippen LogP contribution is 2.38. The van der Waals surface area contributed by atoms with Crippen LogP contribution in [0.4, 0.5) is 0 Å². The second kappa shape index (κ2) is 7.70. The molecule has 0 fully saturated rings. The van der Waals surface area contributed by atoms with Gasteiger partial charge in [0, 0.05) is 30.1 Å². The van der Waals surface area contributed by atoms with Crippen molar-refractivity contribution >= 4 is 0 Å². The quantitative estimate of drug-likeness (QED) is 0.687. The molecule has 0 saturated heterocycles. The molecule has 3 rings (SSSR count). The highest BCUT2D eigenvalue weighted by molar-refractivity contribution is 5.58. The Labute approximate surface area is 150 Å². The van der Waals surface area contributed by atoms with Crippen LogP contribution in [0.2, 0.25) is 0 Å². The van der Waals surface area contributed by atoms with Gasteiger partial charge in [0.15, 0.2) is 0 Å². The Balaban J connectivity index is 1.80. The Hall–Kier alpha value is -1.66. The first-order valence-corrected chi connectivity index (χ1v) is 8.97. The molecule has 0 bridgehead atoms. The van der Waals surface area contributed by atoms with Crippen LogP contribution in [0.1, 0.15) is 20.8 Å². The molecule has 3 aliphatic rings. The van der Waals surface area contributed by atoms with E-state index in [0.29, 0.717) is 19.2 Å². The van der Waals surface area contributed by atoms with E-state index < -0.39 is 6.10 Å². The van der Waals surface area contributed by atoms with Crippen LogP contribution in [0.3, 0.4) is 0 Å². The molecule has 136 valence electrons. The summed E-state index contributed by atoms with van der Waals surface area (Å²) in [4.78, 5) is 2.22. The lowest BCUT2D eigenvalue weighted by molar-refractivity contribution is -0.0646. The molecule has 25 heavy (non-hydrogen) atoms. The van der Waals surface area contributed by atoms with Crippen molar-refractivity contribution < 1.29 is 9.84 Å². The van der Waals surface area contributed by atoms with Crippen molar-refractivity contribution in [1.82, 2.24) is 15.5 Å². The largest absolute Gasteiger partial charge is 0.389 e. The molecule has 0 radical (unpaired) electrons. The molecule has 0 aromatic rings. The molecule has 5 nitrogen and oxygen atoms in total. The van der Waals surface area contributed by atoms with Gasteiger partial charge >= 0.3 is 0 Å². The Kier molecular flexibility index (Phi) is 5.59. The summed E-state index contributed by atoms with van der Waals surface area (Å²) in [6, 6.07) is 0.538. The van der Waals surface area contributed by atoms with Crippen LogP contribution in [0.5, 0.6) is 0 Å². The summed E-state index contributed by atoms with van der Waals surface area (Å²) in [6.45, 7) is 7.04. The highest BCUT2D eigenvalue weighted by Gasteiger charge is 2.37. The minimum atomic E-state index is -0.528. The number of hydrogen-bond donors (Lipinski definition) is 3. The molecule has 0 aromatic heterocycles. The van der Waals surface area contributed by atoms with E-state index in [9.17, 15) is 5.11 Å². The van der Waals surface area contributed by atoms with Gasteiger partial charge < -0.3 is 20.5 Å². The van der Waals surface area contributed by atoms with Crippen LogP contribution in [-0.4, -0.2) is 54.6 Å². The smallest absolute Gasteiger partial charge is 0.139 e. The maximum absolute atomic E-state index is 10.2. The first-order valence-electron chi connectivity index (χ1n) is 8.97. The van der Waals surface area contributed by atoms with Gasteiger partial charge in [-0.1, -0.05) is 38.2 Å². The van der Waals surface area contributed by atoms with Crippen LogP contribution in [-0.2, 0) is 4.74 Å². The lowest BCUT2D eigenvalue weighted by Crippen LogP contribution is -2.49. The fourth-order valence-electron chi connectivity index (χ4n) is 3.51. The van der Waals surface area contributed by atoms with E-state index in [-0.39, 0.29) is 12.3 Å². The van der Waals surface area contributed by atoms with Crippen molar-refractivity contribution in [3.8, 4) is 0 Å². The van der Waals surface area contributed by atoms with Crippen molar-refractivity contribution in [3.05, 3.63) is 59.0 Å². The van der Waals surface area contributed by atoms with Crippen LogP contribution in [0.25, 0.3) is 0 Å². The van der Waals surface area contributed by atoms with Gasteiger partial charge in [0.1, 0.15) is 6.23 Å². The Morgan fingerprint density at radius 2 is 2.12 bits per heavy atom. The lowest BCUT2D eigenvalue weighted by atomic mass is 9.84. The number of aliphatic hydroxyl groups excluding tert-OH is 1. The second-order valence-corrected chi connectivity index (χ2v) is 7.14. The second-order valence-electron chi connectivity index (χ2n) is 7.14. The van der Waals surface area contributed by atoms with Crippen LogP contribution < -0.4 is 10.6 Å². The average Bonchev–Trinajstić information content (AvgIpc) is 2.60. The monoisotopic (exact) mass is 343 g/mol. The Bertz CT molecular complexity index is 658. The number of rotatable bonds is 6. The highest BCUT2D eigenvalue weighted by atomic mass is 16.5. The number of nitrogens with zero attached hydrogens (tertiary/aromatic N) is 1. The van der Waals surface area contributed by atoms with Crippen molar-refractivity contribution in [2.75, 3.05) is 20.2 Å². The summed E-state index contributed by atoms with van der Waals surface area (Å²) in [7, 11) is 2.08. The number of nitrogens with one attached hydrogen (secondary N) is 2. The normalized spacial score (nSPS) is 26.8.